The molecule has 1 aliphatic rings. The third-order valence-electron chi connectivity index (χ3n) is 8.38. The third-order valence-corrected chi connectivity index (χ3v) is 8.38. The number of benzene rings is 2. The van der Waals surface area contributed by atoms with Crippen LogP contribution in [0.5, 0.6) is 0 Å². The summed E-state index contributed by atoms with van der Waals surface area (Å²) in [6.07, 6.45) is 22.3. The van der Waals surface area contributed by atoms with Gasteiger partial charge in [-0.25, -0.2) is 4.39 Å². The molecule has 0 saturated heterocycles. The van der Waals surface area contributed by atoms with Crippen LogP contribution in [0.2, 0.25) is 0 Å². The van der Waals surface area contributed by atoms with Gasteiger partial charge in [-0.1, -0.05) is 108 Å². The van der Waals surface area contributed by atoms with E-state index in [1.54, 1.807) is 0 Å². The summed E-state index contributed by atoms with van der Waals surface area (Å²) in [7, 11) is 0. The molecule has 1 aliphatic carbocycles. The average molecular weight is 495 g/mol. The molecular formula is C33H51FN2. The van der Waals surface area contributed by atoms with Gasteiger partial charge in [-0.15, -0.1) is 0 Å². The van der Waals surface area contributed by atoms with E-state index in [2.05, 4.69) is 12.1 Å². The van der Waals surface area contributed by atoms with Gasteiger partial charge >= 0.3 is 0 Å². The van der Waals surface area contributed by atoms with Crippen molar-refractivity contribution in [3.63, 3.8) is 0 Å². The molecule has 3 heteroatoms. The van der Waals surface area contributed by atoms with Crippen LogP contribution in [-0.2, 0) is 12.1 Å². The molecule has 200 valence electrons. The lowest BCUT2D eigenvalue weighted by molar-refractivity contribution is 0.0493. The maximum atomic E-state index is 17.2. The van der Waals surface area contributed by atoms with Crippen molar-refractivity contribution in [3.8, 4) is 0 Å². The Hall–Kier alpha value is -2.03. The second-order valence-corrected chi connectivity index (χ2v) is 11.3. The molecule has 1 fully saturated rings. The lowest BCUT2D eigenvalue weighted by Gasteiger charge is -2.35. The average Bonchev–Trinajstić information content (AvgIpc) is 2.88. The normalized spacial score (nSPS) is 23.3. The Kier molecular flexibility index (Phi) is 12.6. The Morgan fingerprint density at radius 2 is 1.11 bits per heavy atom. The molecule has 2 unspecified atom stereocenters. The number of nitrogens with two attached hydrogens (primary N) is 2. The minimum absolute atomic E-state index is 0.0885. The van der Waals surface area contributed by atoms with Gasteiger partial charge in [0, 0.05) is 11.4 Å². The van der Waals surface area contributed by atoms with Gasteiger partial charge in [-0.3, -0.25) is 0 Å². The number of anilines is 2. The van der Waals surface area contributed by atoms with Gasteiger partial charge in [-0.2, -0.15) is 0 Å². The van der Waals surface area contributed by atoms with E-state index in [-0.39, 0.29) is 5.92 Å². The first-order chi connectivity index (χ1) is 17.6. The van der Waals surface area contributed by atoms with Crippen molar-refractivity contribution < 1.29 is 4.39 Å². The highest BCUT2D eigenvalue weighted by Crippen LogP contribution is 2.44. The fourth-order valence-electron chi connectivity index (χ4n) is 6.07. The van der Waals surface area contributed by atoms with Gasteiger partial charge < -0.3 is 11.5 Å². The van der Waals surface area contributed by atoms with E-state index in [9.17, 15) is 0 Å². The summed E-state index contributed by atoms with van der Waals surface area (Å²) < 4.78 is 17.2. The number of rotatable bonds is 7. The van der Waals surface area contributed by atoms with Crippen LogP contribution in [0.3, 0.4) is 0 Å². The number of aryl methyl sites for hydroxylation is 1. The van der Waals surface area contributed by atoms with E-state index >= 15 is 4.39 Å². The van der Waals surface area contributed by atoms with Crippen molar-refractivity contribution in [3.05, 3.63) is 59.7 Å². The maximum absolute atomic E-state index is 17.2. The second kappa shape index (κ2) is 15.9. The van der Waals surface area contributed by atoms with E-state index in [0.717, 1.165) is 74.7 Å². The van der Waals surface area contributed by atoms with Gasteiger partial charge in [-0.05, 0) is 79.8 Å². The number of hydrogen-bond acceptors (Lipinski definition) is 2. The van der Waals surface area contributed by atoms with E-state index < -0.39 is 5.67 Å². The van der Waals surface area contributed by atoms with E-state index in [1.165, 1.54) is 63.4 Å². The molecule has 0 heterocycles. The highest BCUT2D eigenvalue weighted by Gasteiger charge is 2.39. The smallest absolute Gasteiger partial charge is 0.138 e. The molecule has 1 saturated carbocycles. The first-order valence-electron chi connectivity index (χ1n) is 15.0. The largest absolute Gasteiger partial charge is 0.399 e. The molecule has 4 N–H and O–H groups in total. The molecule has 2 atom stereocenters. The minimum atomic E-state index is -1.25. The monoisotopic (exact) mass is 494 g/mol. The molecule has 0 spiro atoms. The van der Waals surface area contributed by atoms with Crippen LogP contribution in [0, 0.1) is 5.92 Å². The van der Waals surface area contributed by atoms with Gasteiger partial charge in [0.25, 0.3) is 0 Å². The first-order valence-corrected chi connectivity index (χ1v) is 15.0. The predicted molar refractivity (Wildman–Crippen MR) is 155 cm³/mol. The van der Waals surface area contributed by atoms with Crippen LogP contribution in [0.25, 0.3) is 0 Å². The van der Waals surface area contributed by atoms with Crippen molar-refractivity contribution in [1.29, 1.82) is 0 Å². The zero-order chi connectivity index (χ0) is 25.5. The highest BCUT2D eigenvalue weighted by atomic mass is 19.1. The zero-order valence-electron chi connectivity index (χ0n) is 22.7. The summed E-state index contributed by atoms with van der Waals surface area (Å²) in [6.45, 7) is 0. The van der Waals surface area contributed by atoms with E-state index in [0.29, 0.717) is 6.42 Å². The van der Waals surface area contributed by atoms with Crippen molar-refractivity contribution in [2.75, 3.05) is 11.5 Å². The Labute approximate surface area is 220 Å². The topological polar surface area (TPSA) is 52.0 Å². The van der Waals surface area contributed by atoms with Crippen molar-refractivity contribution in [2.45, 2.75) is 128 Å². The first kappa shape index (κ1) is 28.5. The Bertz CT molecular complexity index is 832. The molecule has 0 radical (unpaired) electrons. The zero-order valence-corrected chi connectivity index (χ0v) is 22.7. The summed E-state index contributed by atoms with van der Waals surface area (Å²) >= 11 is 0. The van der Waals surface area contributed by atoms with E-state index in [4.69, 9.17) is 11.5 Å². The molecule has 0 aromatic heterocycles. The van der Waals surface area contributed by atoms with Gasteiger partial charge in [0.15, 0.2) is 0 Å². The molecule has 2 nitrogen and oxygen atoms in total. The summed E-state index contributed by atoms with van der Waals surface area (Å²) in [4.78, 5) is 0. The second-order valence-electron chi connectivity index (χ2n) is 11.3. The minimum Gasteiger partial charge on any atom is -0.399 e. The fraction of sp³-hybridized carbons (Fsp3) is 0.636. The van der Waals surface area contributed by atoms with Crippen LogP contribution in [0.15, 0.2) is 48.5 Å². The lowest BCUT2D eigenvalue weighted by Crippen LogP contribution is -2.31. The number of halogens is 1. The Balaban J connectivity index is 1.64. The van der Waals surface area contributed by atoms with Crippen molar-refractivity contribution >= 4 is 11.4 Å². The van der Waals surface area contributed by atoms with Crippen LogP contribution in [0.4, 0.5) is 15.8 Å². The molecule has 3 rings (SSSR count). The number of unbranched alkanes of at least 4 members (excludes halogenated alkanes) is 2. The van der Waals surface area contributed by atoms with Crippen LogP contribution in [0.1, 0.15) is 127 Å². The van der Waals surface area contributed by atoms with Crippen LogP contribution >= 0.6 is 0 Å². The number of nitrogen functional groups attached to an aromatic ring is 2. The summed E-state index contributed by atoms with van der Waals surface area (Å²) in [5.41, 5.74) is 14.3. The predicted octanol–water partition coefficient (Wildman–Crippen LogP) is 9.91. The highest BCUT2D eigenvalue weighted by molar-refractivity contribution is 5.41. The lowest BCUT2D eigenvalue weighted by atomic mass is 9.74. The summed E-state index contributed by atoms with van der Waals surface area (Å²) in [5.74, 6) is 0.0885. The van der Waals surface area contributed by atoms with Gasteiger partial charge in [0.1, 0.15) is 5.67 Å². The number of alkyl halides is 1. The fourth-order valence-corrected chi connectivity index (χ4v) is 6.07. The van der Waals surface area contributed by atoms with Gasteiger partial charge in [0.05, 0.1) is 0 Å². The molecular weight excluding hydrogens is 443 g/mol. The third kappa shape index (κ3) is 9.79. The molecule has 0 amide bonds. The summed E-state index contributed by atoms with van der Waals surface area (Å²) in [5, 5.41) is 0. The molecule has 0 aliphatic heterocycles. The Morgan fingerprint density at radius 1 is 0.611 bits per heavy atom. The molecule has 36 heavy (non-hydrogen) atoms. The Morgan fingerprint density at radius 3 is 1.69 bits per heavy atom. The molecule has 0 bridgehead atoms. The SMILES string of the molecule is Nc1ccc(CCCCCC2CCCCCCCCCCCCCCC2(F)c2ccc(N)cc2)cc1. The van der Waals surface area contributed by atoms with Crippen molar-refractivity contribution in [1.82, 2.24) is 0 Å². The summed E-state index contributed by atoms with van der Waals surface area (Å²) in [6, 6.07) is 15.9. The molecule has 2 aromatic rings. The van der Waals surface area contributed by atoms with Gasteiger partial charge in [0.2, 0.25) is 0 Å². The van der Waals surface area contributed by atoms with Crippen LogP contribution < -0.4 is 11.5 Å². The standard InChI is InChI=1S/C33H51FN2/c34-33(30-21-25-32(36)26-22-30)27-15-10-8-6-4-2-1-3-5-7-9-13-17-29(33)18-14-11-12-16-28-19-23-31(35)24-20-28/h19-26,29H,1-18,27,35-36H2. The van der Waals surface area contributed by atoms with Crippen LogP contribution in [-0.4, -0.2) is 0 Å². The molecule has 2 aromatic carbocycles. The van der Waals surface area contributed by atoms with Crippen molar-refractivity contribution in [2.24, 2.45) is 5.92 Å². The number of hydrogen-bond donors (Lipinski definition) is 2. The quantitative estimate of drug-likeness (QED) is 0.297. The maximum Gasteiger partial charge on any atom is 0.138 e. The van der Waals surface area contributed by atoms with E-state index in [1.807, 2.05) is 36.4 Å².